The van der Waals surface area contributed by atoms with E-state index in [9.17, 15) is 0 Å². The van der Waals surface area contributed by atoms with Crippen LogP contribution in [-0.4, -0.2) is 11.0 Å². The lowest BCUT2D eigenvalue weighted by Gasteiger charge is -2.14. The van der Waals surface area contributed by atoms with Crippen molar-refractivity contribution in [3.63, 3.8) is 0 Å². The standard InChI is InChI=1S/C18H24N2S/c1-18(2,3)16-12-21-17(20-16)10-13-6-4-5-7-14(13)11-19-15-8-9-15/h4-7,12,15,19H,8-11H2,1-3H3. The molecule has 1 heterocycles. The minimum atomic E-state index is 0.141. The monoisotopic (exact) mass is 300 g/mol. The van der Waals surface area contributed by atoms with Gasteiger partial charge in [-0.1, -0.05) is 45.0 Å². The van der Waals surface area contributed by atoms with Crippen molar-refractivity contribution in [2.24, 2.45) is 0 Å². The molecule has 1 fully saturated rings. The largest absolute Gasteiger partial charge is 0.310 e. The normalized spacial score (nSPS) is 15.4. The van der Waals surface area contributed by atoms with E-state index in [0.717, 1.165) is 19.0 Å². The Morgan fingerprint density at radius 1 is 1.19 bits per heavy atom. The van der Waals surface area contributed by atoms with E-state index in [4.69, 9.17) is 4.98 Å². The summed E-state index contributed by atoms with van der Waals surface area (Å²) in [6, 6.07) is 9.50. The first-order valence-corrected chi connectivity index (χ1v) is 8.65. The Bertz CT molecular complexity index is 606. The molecule has 1 saturated carbocycles. The Morgan fingerprint density at radius 3 is 2.52 bits per heavy atom. The number of nitrogens with one attached hydrogen (secondary N) is 1. The molecule has 0 radical (unpaired) electrons. The maximum atomic E-state index is 4.82. The van der Waals surface area contributed by atoms with Gasteiger partial charge in [0, 0.05) is 29.8 Å². The van der Waals surface area contributed by atoms with E-state index in [-0.39, 0.29) is 5.41 Å². The number of benzene rings is 1. The van der Waals surface area contributed by atoms with Crippen molar-refractivity contribution in [3.8, 4) is 0 Å². The summed E-state index contributed by atoms with van der Waals surface area (Å²) in [6.45, 7) is 7.65. The Kier molecular flexibility index (Phi) is 4.14. The van der Waals surface area contributed by atoms with Crippen molar-refractivity contribution in [1.29, 1.82) is 0 Å². The molecule has 2 nitrogen and oxygen atoms in total. The van der Waals surface area contributed by atoms with Crippen LogP contribution in [0.4, 0.5) is 0 Å². The predicted molar refractivity (Wildman–Crippen MR) is 89.9 cm³/mol. The summed E-state index contributed by atoms with van der Waals surface area (Å²) < 4.78 is 0. The van der Waals surface area contributed by atoms with Gasteiger partial charge in [0.25, 0.3) is 0 Å². The minimum absolute atomic E-state index is 0.141. The second-order valence-corrected chi connectivity index (χ2v) is 7.92. The molecule has 3 heteroatoms. The number of hydrogen-bond acceptors (Lipinski definition) is 3. The van der Waals surface area contributed by atoms with Gasteiger partial charge in [-0.15, -0.1) is 11.3 Å². The molecule has 3 rings (SSSR count). The zero-order chi connectivity index (χ0) is 14.9. The zero-order valence-electron chi connectivity index (χ0n) is 13.1. The van der Waals surface area contributed by atoms with Crippen molar-refractivity contribution in [1.82, 2.24) is 10.3 Å². The molecule has 0 unspecified atom stereocenters. The molecule has 0 bridgehead atoms. The Morgan fingerprint density at radius 2 is 1.90 bits per heavy atom. The number of thiazole rings is 1. The van der Waals surface area contributed by atoms with Gasteiger partial charge in [-0.2, -0.15) is 0 Å². The van der Waals surface area contributed by atoms with Gasteiger partial charge in [0.05, 0.1) is 10.7 Å². The summed E-state index contributed by atoms with van der Waals surface area (Å²) in [4.78, 5) is 4.82. The third-order valence-electron chi connectivity index (χ3n) is 3.94. The van der Waals surface area contributed by atoms with Crippen LogP contribution in [0.2, 0.25) is 0 Å². The molecular weight excluding hydrogens is 276 g/mol. The van der Waals surface area contributed by atoms with Crippen LogP contribution in [0.15, 0.2) is 29.6 Å². The Balaban J connectivity index is 1.73. The molecule has 1 aromatic carbocycles. The molecule has 0 spiro atoms. The van der Waals surface area contributed by atoms with Crippen molar-refractivity contribution in [2.75, 3.05) is 0 Å². The predicted octanol–water partition coefficient (Wildman–Crippen LogP) is 4.28. The molecule has 2 aromatic rings. The smallest absolute Gasteiger partial charge is 0.0972 e. The number of nitrogens with zero attached hydrogens (tertiary/aromatic N) is 1. The van der Waals surface area contributed by atoms with Crippen LogP contribution in [0.25, 0.3) is 0 Å². The molecule has 1 aromatic heterocycles. The van der Waals surface area contributed by atoms with E-state index in [1.807, 2.05) is 0 Å². The third-order valence-corrected chi connectivity index (χ3v) is 4.79. The van der Waals surface area contributed by atoms with E-state index in [0.29, 0.717) is 0 Å². The molecule has 0 saturated heterocycles. The zero-order valence-corrected chi connectivity index (χ0v) is 14.0. The first-order chi connectivity index (χ1) is 10.0. The molecule has 0 aliphatic heterocycles. The van der Waals surface area contributed by atoms with Crippen molar-refractivity contribution in [3.05, 3.63) is 51.5 Å². The van der Waals surface area contributed by atoms with Crippen LogP contribution in [0, 0.1) is 0 Å². The number of aromatic nitrogens is 1. The van der Waals surface area contributed by atoms with Gasteiger partial charge >= 0.3 is 0 Å². The lowest BCUT2D eigenvalue weighted by atomic mass is 9.93. The van der Waals surface area contributed by atoms with Crippen molar-refractivity contribution in [2.45, 2.75) is 58.0 Å². The van der Waals surface area contributed by atoms with Crippen molar-refractivity contribution < 1.29 is 0 Å². The molecule has 1 aliphatic rings. The van der Waals surface area contributed by atoms with Crippen LogP contribution in [0.3, 0.4) is 0 Å². The summed E-state index contributed by atoms with van der Waals surface area (Å²) in [7, 11) is 0. The maximum Gasteiger partial charge on any atom is 0.0972 e. The average Bonchev–Trinajstić information content (AvgIpc) is 3.14. The van der Waals surface area contributed by atoms with Gasteiger partial charge < -0.3 is 5.32 Å². The summed E-state index contributed by atoms with van der Waals surface area (Å²) in [5, 5.41) is 7.04. The molecule has 0 amide bonds. The van der Waals surface area contributed by atoms with Crippen molar-refractivity contribution >= 4 is 11.3 Å². The summed E-state index contributed by atoms with van der Waals surface area (Å²) in [6.07, 6.45) is 3.62. The van der Waals surface area contributed by atoms with E-state index in [1.54, 1.807) is 11.3 Å². The lowest BCUT2D eigenvalue weighted by Crippen LogP contribution is -2.16. The lowest BCUT2D eigenvalue weighted by molar-refractivity contribution is 0.571. The molecular formula is C18H24N2S. The molecule has 0 atom stereocenters. The second kappa shape index (κ2) is 5.90. The van der Waals surface area contributed by atoms with Gasteiger partial charge in [-0.3, -0.25) is 0 Å². The Labute approximate surface area is 131 Å². The SMILES string of the molecule is CC(C)(C)c1csc(Cc2ccccc2CNC2CC2)n1. The van der Waals surface area contributed by atoms with E-state index < -0.39 is 0 Å². The molecule has 112 valence electrons. The molecule has 1 aliphatic carbocycles. The Hall–Kier alpha value is -1.19. The molecule has 1 N–H and O–H groups in total. The number of hydrogen-bond donors (Lipinski definition) is 1. The second-order valence-electron chi connectivity index (χ2n) is 6.98. The topological polar surface area (TPSA) is 24.9 Å². The van der Waals surface area contributed by atoms with E-state index >= 15 is 0 Å². The highest BCUT2D eigenvalue weighted by Crippen LogP contribution is 2.26. The van der Waals surface area contributed by atoms with Gasteiger partial charge in [0.15, 0.2) is 0 Å². The van der Waals surface area contributed by atoms with Gasteiger partial charge in [-0.05, 0) is 24.0 Å². The fraction of sp³-hybridized carbons (Fsp3) is 0.500. The van der Waals surface area contributed by atoms with Crippen LogP contribution in [0.1, 0.15) is 55.4 Å². The summed E-state index contributed by atoms with van der Waals surface area (Å²) in [5.41, 5.74) is 4.16. The first kappa shape index (κ1) is 14.7. The third kappa shape index (κ3) is 3.92. The van der Waals surface area contributed by atoms with Crippen LogP contribution < -0.4 is 5.32 Å². The van der Waals surface area contributed by atoms with E-state index in [1.165, 1.54) is 34.7 Å². The van der Waals surface area contributed by atoms with Gasteiger partial charge in [0.1, 0.15) is 0 Å². The molecule has 21 heavy (non-hydrogen) atoms. The highest BCUT2D eigenvalue weighted by molar-refractivity contribution is 7.09. The minimum Gasteiger partial charge on any atom is -0.310 e. The van der Waals surface area contributed by atoms with E-state index in [2.05, 4.69) is 55.7 Å². The fourth-order valence-electron chi connectivity index (χ4n) is 2.34. The summed E-state index contributed by atoms with van der Waals surface area (Å²) in [5.74, 6) is 0. The number of rotatable bonds is 5. The fourth-order valence-corrected chi connectivity index (χ4v) is 3.39. The van der Waals surface area contributed by atoms with Crippen LogP contribution in [-0.2, 0) is 18.4 Å². The van der Waals surface area contributed by atoms with Crippen LogP contribution >= 0.6 is 11.3 Å². The maximum absolute atomic E-state index is 4.82. The highest BCUT2D eigenvalue weighted by Gasteiger charge is 2.21. The van der Waals surface area contributed by atoms with Crippen LogP contribution in [0.5, 0.6) is 0 Å². The van der Waals surface area contributed by atoms with Gasteiger partial charge in [0.2, 0.25) is 0 Å². The summed E-state index contributed by atoms with van der Waals surface area (Å²) >= 11 is 1.79. The first-order valence-electron chi connectivity index (χ1n) is 7.77. The quantitative estimate of drug-likeness (QED) is 0.891. The highest BCUT2D eigenvalue weighted by atomic mass is 32.1. The van der Waals surface area contributed by atoms with Gasteiger partial charge in [-0.25, -0.2) is 4.98 Å². The average molecular weight is 300 g/mol.